The van der Waals surface area contributed by atoms with E-state index in [9.17, 15) is 13.6 Å². The summed E-state index contributed by atoms with van der Waals surface area (Å²) in [6, 6.07) is 3.24. The minimum atomic E-state index is -1.01. The number of carboxylic acids is 1. The minimum Gasteiger partial charge on any atom is -0.481 e. The molecule has 6 nitrogen and oxygen atoms in total. The van der Waals surface area contributed by atoms with Gasteiger partial charge in [-0.25, -0.2) is 13.5 Å². The number of hydrogen-bond acceptors (Lipinski definition) is 4. The highest BCUT2D eigenvalue weighted by Gasteiger charge is 2.12. The number of tetrazole rings is 1. The van der Waals surface area contributed by atoms with Gasteiger partial charge >= 0.3 is 5.97 Å². The van der Waals surface area contributed by atoms with E-state index >= 15 is 0 Å². The van der Waals surface area contributed by atoms with Crippen molar-refractivity contribution in [3.8, 4) is 11.4 Å². The Bertz CT molecular complexity index is 585. The summed E-state index contributed by atoms with van der Waals surface area (Å²) in [6.45, 7) is 0.0522. The molecule has 1 N–H and O–H groups in total. The number of carbonyl (C=O) groups is 1. The van der Waals surface area contributed by atoms with Gasteiger partial charge in [0.1, 0.15) is 0 Å². The van der Waals surface area contributed by atoms with Gasteiger partial charge in [-0.15, -0.1) is 5.10 Å². The molecule has 2 aromatic rings. The van der Waals surface area contributed by atoms with Crippen LogP contribution in [0.3, 0.4) is 0 Å². The lowest BCUT2D eigenvalue weighted by molar-refractivity contribution is -0.137. The van der Waals surface area contributed by atoms with E-state index in [2.05, 4.69) is 15.5 Å². The molecular weight excluding hydrogens is 246 g/mol. The molecule has 0 saturated carbocycles. The van der Waals surface area contributed by atoms with E-state index < -0.39 is 17.6 Å². The van der Waals surface area contributed by atoms with E-state index in [0.717, 1.165) is 12.1 Å². The molecule has 18 heavy (non-hydrogen) atoms. The second-order valence-corrected chi connectivity index (χ2v) is 3.50. The number of benzene rings is 1. The topological polar surface area (TPSA) is 80.9 Å². The van der Waals surface area contributed by atoms with Crippen LogP contribution in [0.5, 0.6) is 0 Å². The summed E-state index contributed by atoms with van der Waals surface area (Å²) in [4.78, 5) is 10.4. The van der Waals surface area contributed by atoms with Crippen molar-refractivity contribution in [2.45, 2.75) is 13.0 Å². The lowest BCUT2D eigenvalue weighted by Gasteiger charge is -2.03. The minimum absolute atomic E-state index is 0.0522. The highest BCUT2D eigenvalue weighted by atomic mass is 19.2. The van der Waals surface area contributed by atoms with Crippen LogP contribution in [0.15, 0.2) is 18.2 Å². The molecule has 0 radical (unpaired) electrons. The molecule has 0 saturated heterocycles. The fourth-order valence-electron chi connectivity index (χ4n) is 1.40. The fraction of sp³-hybridized carbons (Fsp3) is 0.200. The third kappa shape index (κ3) is 2.47. The first kappa shape index (κ1) is 12.1. The van der Waals surface area contributed by atoms with Crippen molar-refractivity contribution < 1.29 is 18.7 Å². The van der Waals surface area contributed by atoms with Gasteiger partial charge in [-0.3, -0.25) is 4.79 Å². The highest BCUT2D eigenvalue weighted by molar-refractivity contribution is 5.66. The lowest BCUT2D eigenvalue weighted by Crippen LogP contribution is -2.07. The van der Waals surface area contributed by atoms with Crippen molar-refractivity contribution in [2.24, 2.45) is 0 Å². The Morgan fingerprint density at radius 1 is 1.33 bits per heavy atom. The van der Waals surface area contributed by atoms with Crippen LogP contribution in [0.2, 0.25) is 0 Å². The van der Waals surface area contributed by atoms with Gasteiger partial charge in [0.2, 0.25) is 0 Å². The standard InChI is InChI=1S/C10H8F2N4O2/c11-7-2-1-6(5-8(7)12)10-13-14-15-16(10)4-3-9(17)18/h1-2,5H,3-4H2,(H,17,18). The van der Waals surface area contributed by atoms with E-state index in [0.29, 0.717) is 0 Å². The molecule has 0 aliphatic rings. The number of halogens is 2. The number of nitrogens with zero attached hydrogens (tertiary/aromatic N) is 4. The van der Waals surface area contributed by atoms with E-state index in [1.165, 1.54) is 10.7 Å². The molecule has 0 fully saturated rings. The number of aliphatic carboxylic acids is 1. The largest absolute Gasteiger partial charge is 0.481 e. The quantitative estimate of drug-likeness (QED) is 0.883. The second kappa shape index (κ2) is 4.86. The molecule has 0 aliphatic heterocycles. The molecule has 0 atom stereocenters. The lowest BCUT2D eigenvalue weighted by atomic mass is 10.2. The summed E-state index contributed by atoms with van der Waals surface area (Å²) in [7, 11) is 0. The second-order valence-electron chi connectivity index (χ2n) is 3.50. The van der Waals surface area contributed by atoms with Gasteiger partial charge in [-0.05, 0) is 28.6 Å². The monoisotopic (exact) mass is 254 g/mol. The van der Waals surface area contributed by atoms with Crippen LogP contribution >= 0.6 is 0 Å². The number of aromatic nitrogens is 4. The maximum atomic E-state index is 13.1. The summed E-state index contributed by atoms with van der Waals surface area (Å²) in [5.41, 5.74) is 0.282. The molecule has 8 heteroatoms. The summed E-state index contributed by atoms with van der Waals surface area (Å²) in [5.74, 6) is -2.79. The predicted molar refractivity (Wildman–Crippen MR) is 55.4 cm³/mol. The van der Waals surface area contributed by atoms with Crippen molar-refractivity contribution in [1.82, 2.24) is 20.2 Å². The van der Waals surface area contributed by atoms with Gasteiger partial charge in [-0.1, -0.05) is 0 Å². The molecule has 1 aromatic carbocycles. The van der Waals surface area contributed by atoms with E-state index in [4.69, 9.17) is 5.11 Å². The Hall–Kier alpha value is -2.38. The van der Waals surface area contributed by atoms with Crippen molar-refractivity contribution in [3.05, 3.63) is 29.8 Å². The Morgan fingerprint density at radius 2 is 2.11 bits per heavy atom. The fourth-order valence-corrected chi connectivity index (χ4v) is 1.40. The van der Waals surface area contributed by atoms with E-state index in [1.54, 1.807) is 0 Å². The maximum absolute atomic E-state index is 13.1. The van der Waals surface area contributed by atoms with Crippen molar-refractivity contribution in [2.75, 3.05) is 0 Å². The third-order valence-corrected chi connectivity index (χ3v) is 2.25. The summed E-state index contributed by atoms with van der Waals surface area (Å²) in [6.07, 6.45) is -0.165. The van der Waals surface area contributed by atoms with Gasteiger partial charge in [0, 0.05) is 5.56 Å². The Labute approximate surface area is 99.9 Å². The Balaban J connectivity index is 2.30. The van der Waals surface area contributed by atoms with Gasteiger partial charge < -0.3 is 5.11 Å². The first-order chi connectivity index (χ1) is 8.58. The Kier molecular flexibility index (Phi) is 3.26. The molecule has 0 amide bonds. The van der Waals surface area contributed by atoms with Crippen LogP contribution in [-0.2, 0) is 11.3 Å². The van der Waals surface area contributed by atoms with Gasteiger partial charge in [0.15, 0.2) is 17.5 Å². The predicted octanol–water partition coefficient (Wildman–Crippen LogP) is 1.09. The smallest absolute Gasteiger partial charge is 0.305 e. The molecule has 0 unspecified atom stereocenters. The average molecular weight is 254 g/mol. The molecule has 2 rings (SSSR count). The third-order valence-electron chi connectivity index (χ3n) is 2.25. The SMILES string of the molecule is O=C(O)CCn1nnnc1-c1ccc(F)c(F)c1. The van der Waals surface area contributed by atoms with Gasteiger partial charge in [-0.2, -0.15) is 0 Å². The molecule has 0 aliphatic carbocycles. The average Bonchev–Trinajstić information content (AvgIpc) is 2.78. The highest BCUT2D eigenvalue weighted by Crippen LogP contribution is 2.18. The van der Waals surface area contributed by atoms with Crippen LogP contribution in [0.1, 0.15) is 6.42 Å². The summed E-state index contributed by atoms with van der Waals surface area (Å²) >= 11 is 0. The molecular formula is C10H8F2N4O2. The van der Waals surface area contributed by atoms with Crippen LogP contribution in [0.25, 0.3) is 11.4 Å². The molecule has 1 heterocycles. The van der Waals surface area contributed by atoms with Crippen molar-refractivity contribution in [3.63, 3.8) is 0 Å². The first-order valence-electron chi connectivity index (χ1n) is 5.01. The zero-order valence-corrected chi connectivity index (χ0v) is 9.05. The molecule has 94 valence electrons. The van der Waals surface area contributed by atoms with E-state index in [-0.39, 0.29) is 24.4 Å². The van der Waals surface area contributed by atoms with Crippen LogP contribution in [0.4, 0.5) is 8.78 Å². The summed E-state index contributed by atoms with van der Waals surface area (Å²) < 4.78 is 27.1. The number of rotatable bonds is 4. The molecule has 1 aromatic heterocycles. The van der Waals surface area contributed by atoms with Crippen LogP contribution in [0, 0.1) is 11.6 Å². The van der Waals surface area contributed by atoms with Crippen molar-refractivity contribution >= 4 is 5.97 Å². The normalized spacial score (nSPS) is 10.6. The first-order valence-corrected chi connectivity index (χ1v) is 5.01. The summed E-state index contributed by atoms with van der Waals surface area (Å²) in [5, 5.41) is 19.2. The zero-order valence-electron chi connectivity index (χ0n) is 9.05. The molecule has 0 bridgehead atoms. The van der Waals surface area contributed by atoms with E-state index in [1.807, 2.05) is 0 Å². The van der Waals surface area contributed by atoms with Crippen molar-refractivity contribution in [1.29, 1.82) is 0 Å². The Morgan fingerprint density at radius 3 is 2.78 bits per heavy atom. The van der Waals surface area contributed by atoms with Crippen LogP contribution in [-0.4, -0.2) is 31.3 Å². The van der Waals surface area contributed by atoms with Crippen LogP contribution < -0.4 is 0 Å². The molecule has 0 spiro atoms. The maximum Gasteiger partial charge on any atom is 0.305 e. The van der Waals surface area contributed by atoms with Gasteiger partial charge in [0.05, 0.1) is 13.0 Å². The van der Waals surface area contributed by atoms with Gasteiger partial charge in [0.25, 0.3) is 0 Å². The number of hydrogen-bond donors (Lipinski definition) is 1. The zero-order chi connectivity index (χ0) is 13.1. The number of aryl methyl sites for hydroxylation is 1. The number of carboxylic acid groups (broad SMARTS) is 1.